The molecule has 1 N–H and O–H groups in total. The number of carbonyl (C=O) groups is 3. The molecule has 0 spiro atoms. The number of hydrogen-bond acceptors (Lipinski definition) is 6. The number of benzene rings is 2. The highest BCUT2D eigenvalue weighted by Gasteiger charge is 2.42. The Balaban J connectivity index is 1.78. The molecule has 0 radical (unpaired) electrons. The third kappa shape index (κ3) is 7.57. The smallest absolute Gasteiger partial charge is 0.481 e. The molecule has 2 aromatic carbocycles. The molecule has 0 aromatic heterocycles. The molecule has 1 fully saturated rings. The predicted molar refractivity (Wildman–Crippen MR) is 151 cm³/mol. The van der Waals surface area contributed by atoms with E-state index in [1.807, 2.05) is 33.1 Å². The van der Waals surface area contributed by atoms with Gasteiger partial charge in [0.15, 0.2) is 0 Å². The first-order valence-corrected chi connectivity index (χ1v) is 14.9. The summed E-state index contributed by atoms with van der Waals surface area (Å²) in [5.41, 5.74) is 0.668. The van der Waals surface area contributed by atoms with Crippen LogP contribution in [-0.4, -0.2) is 66.1 Å². The van der Waals surface area contributed by atoms with Crippen LogP contribution in [0.2, 0.25) is 0 Å². The molecule has 2 aliphatic heterocycles. The highest BCUT2D eigenvalue weighted by molar-refractivity contribution is 7.98. The van der Waals surface area contributed by atoms with Crippen molar-refractivity contribution in [3.05, 3.63) is 53.6 Å². The van der Waals surface area contributed by atoms with Crippen LogP contribution in [0, 0.1) is 11.3 Å². The average Bonchev–Trinajstić information content (AvgIpc) is 3.02. The molecule has 4 rings (SSSR count). The van der Waals surface area contributed by atoms with Gasteiger partial charge in [0.2, 0.25) is 5.91 Å². The predicted octanol–water partition coefficient (Wildman–Crippen LogP) is 5.89. The van der Waals surface area contributed by atoms with Gasteiger partial charge in [-0.3, -0.25) is 14.4 Å². The zero-order valence-electron chi connectivity index (χ0n) is 23.9. The van der Waals surface area contributed by atoms with Gasteiger partial charge in [-0.25, -0.2) is 0 Å². The van der Waals surface area contributed by atoms with Crippen LogP contribution in [0.3, 0.4) is 0 Å². The Morgan fingerprint density at radius 2 is 1.74 bits per heavy atom. The minimum Gasteiger partial charge on any atom is -0.481 e. The van der Waals surface area contributed by atoms with Gasteiger partial charge in [0.1, 0.15) is 18.0 Å². The largest absolute Gasteiger partial charge is 0.573 e. The van der Waals surface area contributed by atoms with Crippen molar-refractivity contribution in [1.82, 2.24) is 4.90 Å². The summed E-state index contributed by atoms with van der Waals surface area (Å²) in [6.07, 6.45) is -5.33. The Labute approximate surface area is 247 Å². The molecular formula is C30H35F3N2O6S. The molecule has 2 unspecified atom stereocenters. The van der Waals surface area contributed by atoms with E-state index in [-0.39, 0.29) is 42.9 Å². The molecule has 2 amide bonds. The Bertz CT molecular complexity index is 1320. The van der Waals surface area contributed by atoms with Crippen LogP contribution in [-0.2, 0) is 19.1 Å². The van der Waals surface area contributed by atoms with Crippen LogP contribution in [0.1, 0.15) is 57.3 Å². The van der Waals surface area contributed by atoms with Crippen LogP contribution in [0.4, 0.5) is 18.9 Å². The molecule has 8 nitrogen and oxygen atoms in total. The fraction of sp³-hybridized carbons (Fsp3) is 0.500. The van der Waals surface area contributed by atoms with Crippen molar-refractivity contribution < 1.29 is 42.1 Å². The van der Waals surface area contributed by atoms with Crippen LogP contribution < -0.4 is 9.64 Å². The number of carboxylic acids is 1. The summed E-state index contributed by atoms with van der Waals surface area (Å²) in [7, 11) is 0. The normalized spacial score (nSPS) is 20.2. The maximum Gasteiger partial charge on any atom is 0.573 e. The number of aliphatic carboxylic acids is 1. The van der Waals surface area contributed by atoms with Gasteiger partial charge in [-0.2, -0.15) is 0 Å². The van der Waals surface area contributed by atoms with E-state index in [0.29, 0.717) is 24.1 Å². The summed E-state index contributed by atoms with van der Waals surface area (Å²) in [6, 6.07) is 11.0. The van der Waals surface area contributed by atoms with E-state index in [9.17, 15) is 32.7 Å². The topological polar surface area (TPSA) is 96.4 Å². The highest BCUT2D eigenvalue weighted by Crippen LogP contribution is 2.44. The summed E-state index contributed by atoms with van der Waals surface area (Å²) in [6.45, 7) is 6.59. The first-order valence-electron chi connectivity index (χ1n) is 13.7. The fourth-order valence-electron chi connectivity index (χ4n) is 5.30. The van der Waals surface area contributed by atoms with E-state index in [1.165, 1.54) is 34.9 Å². The number of para-hydroxylation sites is 1. The first-order chi connectivity index (χ1) is 19.7. The number of ether oxygens (including phenoxy) is 2. The standard InChI is InChI=1S/C30H35F3N2O6S/c1-29(2,3)17-35-22-10-9-19(42-4)15-21(22)26(20-7-5-6-8-23(20)41-30(31,32)33)40-24(27(35)37)16-25(36)34-13-11-18(12-14-34)28(38)39/h5-10,15,18,24,26H,11-14,16-17H2,1-4H3,(H,38,39). The van der Waals surface area contributed by atoms with Crippen LogP contribution >= 0.6 is 11.8 Å². The van der Waals surface area contributed by atoms with Crippen molar-refractivity contribution in [2.45, 2.75) is 63.5 Å². The lowest BCUT2D eigenvalue weighted by atomic mass is 9.94. The molecule has 0 bridgehead atoms. The molecule has 42 heavy (non-hydrogen) atoms. The number of amides is 2. The zero-order chi connectivity index (χ0) is 30.8. The van der Waals surface area contributed by atoms with Crippen molar-refractivity contribution in [3.63, 3.8) is 0 Å². The molecule has 12 heteroatoms. The Kier molecular flexibility index (Phi) is 9.46. The van der Waals surface area contributed by atoms with E-state index >= 15 is 0 Å². The summed E-state index contributed by atoms with van der Waals surface area (Å²) >= 11 is 1.43. The summed E-state index contributed by atoms with van der Waals surface area (Å²) < 4.78 is 51.0. The van der Waals surface area contributed by atoms with Crippen molar-refractivity contribution in [2.75, 3.05) is 30.8 Å². The lowest BCUT2D eigenvalue weighted by Gasteiger charge is -2.33. The molecular weight excluding hydrogens is 573 g/mol. The van der Waals surface area contributed by atoms with Gasteiger partial charge in [-0.05, 0) is 48.8 Å². The fourth-order valence-corrected chi connectivity index (χ4v) is 5.74. The summed E-state index contributed by atoms with van der Waals surface area (Å²) in [5, 5.41) is 9.31. The van der Waals surface area contributed by atoms with Gasteiger partial charge in [0, 0.05) is 41.3 Å². The van der Waals surface area contributed by atoms with E-state index < -0.39 is 42.1 Å². The van der Waals surface area contributed by atoms with E-state index in [1.54, 1.807) is 23.1 Å². The number of likely N-dealkylation sites (tertiary alicyclic amines) is 1. The number of halogens is 3. The van der Waals surface area contributed by atoms with Gasteiger partial charge in [-0.1, -0.05) is 39.0 Å². The number of alkyl halides is 3. The maximum absolute atomic E-state index is 14.1. The zero-order valence-corrected chi connectivity index (χ0v) is 24.8. The number of hydrogen-bond donors (Lipinski definition) is 1. The number of nitrogens with zero attached hydrogens (tertiary/aromatic N) is 2. The molecule has 2 atom stereocenters. The molecule has 1 saturated heterocycles. The van der Waals surface area contributed by atoms with Gasteiger partial charge < -0.3 is 24.4 Å². The molecule has 0 aliphatic carbocycles. The quantitative estimate of drug-likeness (QED) is 0.392. The van der Waals surface area contributed by atoms with Gasteiger partial charge in [0.25, 0.3) is 5.91 Å². The third-order valence-electron chi connectivity index (χ3n) is 7.27. The third-order valence-corrected chi connectivity index (χ3v) is 7.99. The van der Waals surface area contributed by atoms with Crippen molar-refractivity contribution in [1.29, 1.82) is 0 Å². The van der Waals surface area contributed by atoms with Crippen molar-refractivity contribution >= 4 is 35.2 Å². The van der Waals surface area contributed by atoms with Gasteiger partial charge >= 0.3 is 12.3 Å². The monoisotopic (exact) mass is 608 g/mol. The molecule has 2 aliphatic rings. The van der Waals surface area contributed by atoms with E-state index in [0.717, 1.165) is 4.90 Å². The van der Waals surface area contributed by atoms with E-state index in [4.69, 9.17) is 4.74 Å². The molecule has 2 heterocycles. The number of thioether (sulfide) groups is 1. The Hall–Kier alpha value is -3.25. The lowest BCUT2D eigenvalue weighted by Crippen LogP contribution is -2.47. The number of carbonyl (C=O) groups excluding carboxylic acids is 2. The molecule has 2 aromatic rings. The first kappa shape index (κ1) is 31.7. The number of carboxylic acid groups (broad SMARTS) is 1. The minimum absolute atomic E-state index is 0.0689. The molecule has 0 saturated carbocycles. The van der Waals surface area contributed by atoms with Crippen LogP contribution in [0.25, 0.3) is 0 Å². The summed E-state index contributed by atoms with van der Waals surface area (Å²) in [5.74, 6) is -2.78. The van der Waals surface area contributed by atoms with Crippen molar-refractivity contribution in [2.24, 2.45) is 11.3 Å². The highest BCUT2D eigenvalue weighted by atomic mass is 32.2. The lowest BCUT2D eigenvalue weighted by molar-refractivity contribution is -0.275. The van der Waals surface area contributed by atoms with Crippen LogP contribution in [0.15, 0.2) is 47.4 Å². The minimum atomic E-state index is -4.96. The second-order valence-electron chi connectivity index (χ2n) is 11.7. The van der Waals surface area contributed by atoms with Crippen molar-refractivity contribution in [3.8, 4) is 5.75 Å². The average molecular weight is 609 g/mol. The number of piperidine rings is 1. The maximum atomic E-state index is 14.1. The Morgan fingerprint density at radius 3 is 2.33 bits per heavy atom. The summed E-state index contributed by atoms with van der Waals surface area (Å²) in [4.78, 5) is 42.8. The van der Waals surface area contributed by atoms with E-state index in [2.05, 4.69) is 4.74 Å². The SMILES string of the molecule is CSc1ccc2c(c1)C(c1ccccc1OC(F)(F)F)OC(CC(=O)N1CCC(C(=O)O)CC1)C(=O)N2CC(C)(C)C. The van der Waals surface area contributed by atoms with Gasteiger partial charge in [-0.15, -0.1) is 24.9 Å². The number of fused-ring (bicyclic) bond motifs is 1. The van der Waals surface area contributed by atoms with Crippen LogP contribution in [0.5, 0.6) is 5.75 Å². The second-order valence-corrected chi connectivity index (χ2v) is 12.6. The van der Waals surface area contributed by atoms with Gasteiger partial charge in [0.05, 0.1) is 12.3 Å². The number of rotatable bonds is 7. The Morgan fingerprint density at radius 1 is 1.07 bits per heavy atom. The number of anilines is 1. The second kappa shape index (κ2) is 12.5. The molecule has 228 valence electrons.